The molecule has 1 aromatic heterocycles. The highest BCUT2D eigenvalue weighted by Crippen LogP contribution is 2.36. The summed E-state index contributed by atoms with van der Waals surface area (Å²) in [6, 6.07) is 11.8. The Labute approximate surface area is 139 Å². The van der Waals surface area contributed by atoms with Gasteiger partial charge in [0, 0.05) is 41.7 Å². The van der Waals surface area contributed by atoms with Crippen molar-refractivity contribution in [3.8, 4) is 0 Å². The first-order valence-electron chi connectivity index (χ1n) is 7.29. The normalized spacial score (nSPS) is 18.5. The lowest BCUT2D eigenvalue weighted by atomic mass is 10.1. The van der Waals surface area contributed by atoms with Crippen LogP contribution < -0.4 is 0 Å². The zero-order valence-electron chi connectivity index (χ0n) is 12.1. The zero-order valence-corrected chi connectivity index (χ0v) is 13.7. The number of pyridine rings is 1. The molecule has 2 aromatic rings. The molecule has 0 aliphatic carbocycles. The van der Waals surface area contributed by atoms with Crippen LogP contribution in [0.4, 0.5) is 0 Å². The Morgan fingerprint density at radius 3 is 2.82 bits per heavy atom. The van der Waals surface area contributed by atoms with Crippen LogP contribution in [0.1, 0.15) is 22.9 Å². The molecule has 1 aliphatic heterocycles. The van der Waals surface area contributed by atoms with Crippen LogP contribution in [0.2, 0.25) is 5.02 Å². The molecular formula is C17H17ClN2OS. The van der Waals surface area contributed by atoms with Crippen molar-refractivity contribution in [1.82, 2.24) is 9.88 Å². The summed E-state index contributed by atoms with van der Waals surface area (Å²) in [7, 11) is 0. The smallest absolute Gasteiger partial charge is 0.224 e. The van der Waals surface area contributed by atoms with Gasteiger partial charge >= 0.3 is 0 Å². The van der Waals surface area contributed by atoms with Gasteiger partial charge in [0.2, 0.25) is 5.91 Å². The summed E-state index contributed by atoms with van der Waals surface area (Å²) in [5.41, 5.74) is 2.29. The van der Waals surface area contributed by atoms with Gasteiger partial charge in [-0.05, 0) is 30.2 Å². The van der Waals surface area contributed by atoms with Gasteiger partial charge in [0.1, 0.15) is 5.37 Å². The van der Waals surface area contributed by atoms with Crippen molar-refractivity contribution in [3.63, 3.8) is 0 Å². The lowest BCUT2D eigenvalue weighted by Gasteiger charge is -2.35. The van der Waals surface area contributed by atoms with E-state index in [1.165, 1.54) is 5.56 Å². The van der Waals surface area contributed by atoms with E-state index in [0.29, 0.717) is 13.0 Å². The maximum atomic E-state index is 12.3. The Balaban J connectivity index is 1.73. The molecule has 0 spiro atoms. The number of hydrogen-bond acceptors (Lipinski definition) is 3. The van der Waals surface area contributed by atoms with Gasteiger partial charge in [0.05, 0.1) is 0 Å². The van der Waals surface area contributed by atoms with Gasteiger partial charge in [-0.2, -0.15) is 0 Å². The second kappa shape index (κ2) is 7.16. The maximum absolute atomic E-state index is 12.3. The van der Waals surface area contributed by atoms with Crippen molar-refractivity contribution in [2.24, 2.45) is 0 Å². The van der Waals surface area contributed by atoms with Crippen LogP contribution in [-0.4, -0.2) is 28.1 Å². The van der Waals surface area contributed by atoms with Crippen molar-refractivity contribution in [1.29, 1.82) is 0 Å². The van der Waals surface area contributed by atoms with Crippen LogP contribution in [0, 0.1) is 0 Å². The monoisotopic (exact) mass is 332 g/mol. The highest BCUT2D eigenvalue weighted by Gasteiger charge is 2.29. The van der Waals surface area contributed by atoms with Gasteiger partial charge in [-0.1, -0.05) is 29.8 Å². The van der Waals surface area contributed by atoms with E-state index < -0.39 is 0 Å². The fraction of sp³-hybridized carbons (Fsp3) is 0.294. The second-order valence-corrected chi connectivity index (χ2v) is 6.85. The Kier molecular flexibility index (Phi) is 5.01. The average molecular weight is 333 g/mol. The third-order valence-corrected chi connectivity index (χ3v) is 5.25. The highest BCUT2D eigenvalue weighted by atomic mass is 35.5. The number of aromatic nitrogens is 1. The van der Waals surface area contributed by atoms with Crippen molar-refractivity contribution >= 4 is 29.3 Å². The molecule has 114 valence electrons. The largest absolute Gasteiger partial charge is 0.326 e. The maximum Gasteiger partial charge on any atom is 0.224 e. The molecule has 22 heavy (non-hydrogen) atoms. The summed E-state index contributed by atoms with van der Waals surface area (Å²) < 4.78 is 0. The summed E-state index contributed by atoms with van der Waals surface area (Å²) in [6.45, 7) is 0.715. The zero-order chi connectivity index (χ0) is 15.4. The summed E-state index contributed by atoms with van der Waals surface area (Å²) in [5.74, 6) is 1.09. The van der Waals surface area contributed by atoms with Crippen LogP contribution in [0.15, 0.2) is 48.8 Å². The second-order valence-electron chi connectivity index (χ2n) is 5.22. The van der Waals surface area contributed by atoms with Crippen LogP contribution in [0.5, 0.6) is 0 Å². The molecule has 0 saturated carbocycles. The van der Waals surface area contributed by atoms with E-state index in [4.69, 9.17) is 11.6 Å². The van der Waals surface area contributed by atoms with Crippen molar-refractivity contribution in [3.05, 3.63) is 64.9 Å². The van der Waals surface area contributed by atoms with Crippen LogP contribution in [0.3, 0.4) is 0 Å². The van der Waals surface area contributed by atoms with Crippen LogP contribution in [0.25, 0.3) is 0 Å². The van der Waals surface area contributed by atoms with E-state index in [1.807, 2.05) is 59.3 Å². The summed E-state index contributed by atoms with van der Waals surface area (Å²) in [4.78, 5) is 18.5. The van der Waals surface area contributed by atoms with Gasteiger partial charge in [-0.15, -0.1) is 11.8 Å². The Morgan fingerprint density at radius 2 is 2.09 bits per heavy atom. The van der Waals surface area contributed by atoms with Gasteiger partial charge in [-0.3, -0.25) is 9.78 Å². The molecular weight excluding hydrogens is 316 g/mol. The molecule has 1 aromatic carbocycles. The molecule has 0 N–H and O–H groups in total. The number of hydrogen-bond donors (Lipinski definition) is 0. The number of thioether (sulfide) groups is 1. The molecule has 1 saturated heterocycles. The topological polar surface area (TPSA) is 33.2 Å². The molecule has 1 amide bonds. The number of benzene rings is 1. The Morgan fingerprint density at radius 1 is 1.27 bits per heavy atom. The molecule has 1 aliphatic rings. The Hall–Kier alpha value is -1.52. The van der Waals surface area contributed by atoms with E-state index in [0.717, 1.165) is 22.8 Å². The third-order valence-electron chi connectivity index (χ3n) is 3.72. The Bertz CT molecular complexity index is 633. The molecule has 0 radical (unpaired) electrons. The number of halogens is 1. The van der Waals surface area contributed by atoms with Crippen molar-refractivity contribution in [2.75, 3.05) is 12.3 Å². The van der Waals surface area contributed by atoms with E-state index in [2.05, 4.69) is 4.98 Å². The molecule has 0 bridgehead atoms. The molecule has 1 unspecified atom stereocenters. The van der Waals surface area contributed by atoms with Gasteiger partial charge < -0.3 is 4.90 Å². The lowest BCUT2D eigenvalue weighted by Crippen LogP contribution is -2.38. The summed E-state index contributed by atoms with van der Waals surface area (Å²) >= 11 is 7.72. The molecule has 3 nitrogen and oxygen atoms in total. The van der Waals surface area contributed by atoms with Gasteiger partial charge in [0.25, 0.3) is 0 Å². The number of carbonyl (C=O) groups excluding carboxylic acids is 1. The minimum Gasteiger partial charge on any atom is -0.326 e. The number of carbonyl (C=O) groups is 1. The number of nitrogens with zero attached hydrogens (tertiary/aromatic N) is 2. The summed E-state index contributed by atoms with van der Waals surface area (Å²) in [6.07, 6.45) is 5.06. The predicted octanol–water partition coefficient (Wildman–Crippen LogP) is 3.94. The van der Waals surface area contributed by atoms with Crippen LogP contribution >= 0.6 is 23.4 Å². The van der Waals surface area contributed by atoms with E-state index in [1.54, 1.807) is 6.20 Å². The van der Waals surface area contributed by atoms with E-state index >= 15 is 0 Å². The molecule has 1 atom stereocenters. The third kappa shape index (κ3) is 3.62. The van der Waals surface area contributed by atoms with E-state index in [-0.39, 0.29) is 11.3 Å². The van der Waals surface area contributed by atoms with Gasteiger partial charge in [-0.25, -0.2) is 0 Å². The van der Waals surface area contributed by atoms with Gasteiger partial charge in [0.15, 0.2) is 0 Å². The lowest BCUT2D eigenvalue weighted by molar-refractivity contribution is -0.132. The van der Waals surface area contributed by atoms with E-state index in [9.17, 15) is 4.79 Å². The molecule has 1 fully saturated rings. The average Bonchev–Trinajstić information content (AvgIpc) is 2.56. The molecule has 2 heterocycles. The minimum absolute atomic E-state index is 0.0715. The first-order chi connectivity index (χ1) is 10.7. The fourth-order valence-corrected chi connectivity index (χ4v) is 3.94. The standard InChI is InChI=1S/C17H17ClN2OS/c18-15-5-3-13(4-6-15)7-10-20-16(21)8-11-22-17(20)14-2-1-9-19-12-14/h1-6,9,12,17H,7-8,10-11H2. The predicted molar refractivity (Wildman–Crippen MR) is 90.9 cm³/mol. The summed E-state index contributed by atoms with van der Waals surface area (Å²) in [5, 5.41) is 0.809. The number of amides is 1. The SMILES string of the molecule is O=C1CCSC(c2cccnc2)N1CCc1ccc(Cl)cc1. The van der Waals surface area contributed by atoms with Crippen molar-refractivity contribution in [2.45, 2.75) is 18.2 Å². The number of rotatable bonds is 4. The fourth-order valence-electron chi connectivity index (χ4n) is 2.56. The molecule has 5 heteroatoms. The minimum atomic E-state index is 0.0715. The first-order valence-corrected chi connectivity index (χ1v) is 8.72. The van der Waals surface area contributed by atoms with Crippen molar-refractivity contribution < 1.29 is 4.79 Å². The first kappa shape index (κ1) is 15.4. The quantitative estimate of drug-likeness (QED) is 0.850. The highest BCUT2D eigenvalue weighted by molar-refractivity contribution is 7.99. The molecule has 3 rings (SSSR count). The van der Waals surface area contributed by atoms with Crippen LogP contribution in [-0.2, 0) is 11.2 Å².